The highest BCUT2D eigenvalue weighted by Gasteiger charge is 2.23. The van der Waals surface area contributed by atoms with Crippen LogP contribution in [0, 0.1) is 0 Å². The van der Waals surface area contributed by atoms with Gasteiger partial charge in [0.2, 0.25) is 5.91 Å². The van der Waals surface area contributed by atoms with E-state index in [1.54, 1.807) is 29.2 Å². The zero-order valence-electron chi connectivity index (χ0n) is 14.3. The Kier molecular flexibility index (Phi) is 5.98. The predicted molar refractivity (Wildman–Crippen MR) is 106 cm³/mol. The van der Waals surface area contributed by atoms with Gasteiger partial charge in [-0.2, -0.15) is 0 Å². The molecular formula is C19H21BrN2O3S. The van der Waals surface area contributed by atoms with Crippen molar-refractivity contribution in [2.45, 2.75) is 11.3 Å². The largest absolute Gasteiger partial charge is 0.368 e. The molecule has 1 aliphatic rings. The Bertz CT molecular complexity index is 846. The molecule has 26 heavy (non-hydrogen) atoms. The monoisotopic (exact) mass is 436 g/mol. The van der Waals surface area contributed by atoms with Crippen molar-refractivity contribution in [1.82, 2.24) is 4.90 Å². The van der Waals surface area contributed by atoms with Crippen LogP contribution in [-0.4, -0.2) is 51.2 Å². The summed E-state index contributed by atoms with van der Waals surface area (Å²) in [6, 6.07) is 16.6. The molecule has 1 saturated heterocycles. The highest BCUT2D eigenvalue weighted by atomic mass is 79.9. The van der Waals surface area contributed by atoms with Gasteiger partial charge < -0.3 is 9.80 Å². The van der Waals surface area contributed by atoms with Gasteiger partial charge in [-0.05, 0) is 36.4 Å². The van der Waals surface area contributed by atoms with Crippen molar-refractivity contribution in [3.05, 3.63) is 59.1 Å². The average Bonchev–Trinajstić information content (AvgIpc) is 2.67. The molecule has 1 fully saturated rings. The molecule has 0 saturated carbocycles. The van der Waals surface area contributed by atoms with E-state index in [0.717, 1.165) is 23.2 Å². The van der Waals surface area contributed by atoms with Crippen LogP contribution in [0.2, 0.25) is 0 Å². The molecule has 2 aromatic carbocycles. The fraction of sp³-hybridized carbons (Fsp3) is 0.316. The van der Waals surface area contributed by atoms with Gasteiger partial charge in [0.1, 0.15) is 0 Å². The van der Waals surface area contributed by atoms with E-state index in [-0.39, 0.29) is 23.0 Å². The molecule has 7 heteroatoms. The molecule has 0 aromatic heterocycles. The summed E-state index contributed by atoms with van der Waals surface area (Å²) in [6.07, 6.45) is 0.0176. The first-order valence-corrected chi connectivity index (χ1v) is 11.0. The Morgan fingerprint density at radius 3 is 2.15 bits per heavy atom. The fourth-order valence-corrected chi connectivity index (χ4v) is 4.49. The van der Waals surface area contributed by atoms with Crippen molar-refractivity contribution in [2.24, 2.45) is 0 Å². The molecule has 1 heterocycles. The van der Waals surface area contributed by atoms with Gasteiger partial charge in [0.05, 0.1) is 10.6 Å². The molecule has 138 valence electrons. The second-order valence-electron chi connectivity index (χ2n) is 6.23. The van der Waals surface area contributed by atoms with Crippen LogP contribution in [-0.2, 0) is 14.6 Å². The standard InChI is InChI=1S/C19H21BrN2O3S/c20-16-6-8-18(9-7-16)26(24,25)15-10-19(23)22-13-11-21(12-14-22)17-4-2-1-3-5-17/h1-9H,10-15H2. The molecule has 3 rings (SSSR count). The van der Waals surface area contributed by atoms with Gasteiger partial charge in [0.25, 0.3) is 0 Å². The average molecular weight is 437 g/mol. The number of hydrogen-bond donors (Lipinski definition) is 0. The number of benzene rings is 2. The van der Waals surface area contributed by atoms with Crippen molar-refractivity contribution >= 4 is 37.4 Å². The number of anilines is 1. The van der Waals surface area contributed by atoms with Gasteiger partial charge in [-0.3, -0.25) is 4.79 Å². The normalized spacial score (nSPS) is 15.1. The predicted octanol–water partition coefficient (Wildman–Crippen LogP) is 2.96. The van der Waals surface area contributed by atoms with E-state index in [9.17, 15) is 13.2 Å². The number of carbonyl (C=O) groups excluding carboxylic acids is 1. The first-order chi connectivity index (χ1) is 12.5. The van der Waals surface area contributed by atoms with E-state index in [1.165, 1.54) is 0 Å². The number of rotatable bonds is 5. The van der Waals surface area contributed by atoms with E-state index in [1.807, 2.05) is 18.2 Å². The lowest BCUT2D eigenvalue weighted by Crippen LogP contribution is -2.49. The number of carbonyl (C=O) groups is 1. The molecule has 0 spiro atoms. The van der Waals surface area contributed by atoms with Crippen LogP contribution >= 0.6 is 15.9 Å². The lowest BCUT2D eigenvalue weighted by Gasteiger charge is -2.36. The smallest absolute Gasteiger partial charge is 0.223 e. The maximum atomic E-state index is 12.4. The number of amides is 1. The van der Waals surface area contributed by atoms with Crippen molar-refractivity contribution in [1.29, 1.82) is 0 Å². The SMILES string of the molecule is O=C(CCS(=O)(=O)c1ccc(Br)cc1)N1CCN(c2ccccc2)CC1. The lowest BCUT2D eigenvalue weighted by molar-refractivity contribution is -0.131. The van der Waals surface area contributed by atoms with E-state index >= 15 is 0 Å². The van der Waals surface area contributed by atoms with E-state index in [0.29, 0.717) is 13.1 Å². The summed E-state index contributed by atoms with van der Waals surface area (Å²) in [7, 11) is -3.44. The Hall–Kier alpha value is -1.86. The number of piperazine rings is 1. The number of nitrogens with zero attached hydrogens (tertiary/aromatic N) is 2. The van der Waals surface area contributed by atoms with Gasteiger partial charge in [0.15, 0.2) is 9.84 Å². The summed E-state index contributed by atoms with van der Waals surface area (Å²) < 4.78 is 25.6. The Labute approximate surface area is 162 Å². The summed E-state index contributed by atoms with van der Waals surface area (Å²) in [5.74, 6) is -0.259. The number of sulfone groups is 1. The van der Waals surface area contributed by atoms with Gasteiger partial charge in [-0.15, -0.1) is 0 Å². The topological polar surface area (TPSA) is 57.7 Å². The first kappa shape index (κ1) is 18.9. The van der Waals surface area contributed by atoms with Crippen LogP contribution in [0.4, 0.5) is 5.69 Å². The molecule has 0 aliphatic carbocycles. The number of hydrogen-bond acceptors (Lipinski definition) is 4. The molecule has 0 unspecified atom stereocenters. The van der Waals surface area contributed by atoms with Gasteiger partial charge in [-0.1, -0.05) is 34.1 Å². The highest BCUT2D eigenvalue weighted by molar-refractivity contribution is 9.10. The third-order valence-corrected chi connectivity index (χ3v) is 6.77. The van der Waals surface area contributed by atoms with Gasteiger partial charge >= 0.3 is 0 Å². The van der Waals surface area contributed by atoms with Gasteiger partial charge in [-0.25, -0.2) is 8.42 Å². The van der Waals surface area contributed by atoms with Crippen molar-refractivity contribution in [2.75, 3.05) is 36.8 Å². The summed E-state index contributed by atoms with van der Waals surface area (Å²) in [5.41, 5.74) is 1.15. The molecule has 2 aromatic rings. The quantitative estimate of drug-likeness (QED) is 0.722. The van der Waals surface area contributed by atoms with E-state index in [2.05, 4.69) is 33.0 Å². The minimum atomic E-state index is -3.44. The molecule has 0 atom stereocenters. The third kappa shape index (κ3) is 4.65. The number of para-hydroxylation sites is 1. The van der Waals surface area contributed by atoms with Crippen LogP contribution in [0.3, 0.4) is 0 Å². The van der Waals surface area contributed by atoms with Crippen LogP contribution in [0.5, 0.6) is 0 Å². The molecular weight excluding hydrogens is 416 g/mol. The zero-order valence-corrected chi connectivity index (χ0v) is 16.7. The summed E-state index contributed by atoms with van der Waals surface area (Å²) in [5, 5.41) is 0. The molecule has 0 N–H and O–H groups in total. The van der Waals surface area contributed by atoms with Gasteiger partial charge in [0, 0.05) is 42.8 Å². The Morgan fingerprint density at radius 2 is 1.54 bits per heavy atom. The third-order valence-electron chi connectivity index (χ3n) is 4.51. The molecule has 0 bridgehead atoms. The molecule has 5 nitrogen and oxygen atoms in total. The van der Waals surface area contributed by atoms with Crippen LogP contribution in [0.1, 0.15) is 6.42 Å². The molecule has 1 amide bonds. The summed E-state index contributed by atoms with van der Waals surface area (Å²) in [6.45, 7) is 2.75. The van der Waals surface area contributed by atoms with Crippen LogP contribution < -0.4 is 4.90 Å². The van der Waals surface area contributed by atoms with Crippen LogP contribution in [0.25, 0.3) is 0 Å². The number of halogens is 1. The second kappa shape index (κ2) is 8.22. The van der Waals surface area contributed by atoms with E-state index < -0.39 is 9.84 Å². The van der Waals surface area contributed by atoms with Crippen LogP contribution in [0.15, 0.2) is 64.0 Å². The fourth-order valence-electron chi connectivity index (χ4n) is 2.99. The first-order valence-electron chi connectivity index (χ1n) is 8.52. The minimum Gasteiger partial charge on any atom is -0.368 e. The highest BCUT2D eigenvalue weighted by Crippen LogP contribution is 2.18. The lowest BCUT2D eigenvalue weighted by atomic mass is 10.2. The Balaban J connectivity index is 1.52. The summed E-state index contributed by atoms with van der Waals surface area (Å²) >= 11 is 3.29. The summed E-state index contributed by atoms with van der Waals surface area (Å²) in [4.78, 5) is 16.7. The van der Waals surface area contributed by atoms with Crippen molar-refractivity contribution in [3.8, 4) is 0 Å². The molecule has 1 aliphatic heterocycles. The minimum absolute atomic E-state index is 0.0176. The van der Waals surface area contributed by atoms with E-state index in [4.69, 9.17) is 0 Å². The second-order valence-corrected chi connectivity index (χ2v) is 9.25. The van der Waals surface area contributed by atoms with Crippen molar-refractivity contribution in [3.63, 3.8) is 0 Å². The maximum Gasteiger partial charge on any atom is 0.223 e. The molecule has 0 radical (unpaired) electrons. The maximum absolute atomic E-state index is 12.4. The zero-order chi connectivity index (χ0) is 18.6. The Morgan fingerprint density at radius 1 is 0.923 bits per heavy atom. The van der Waals surface area contributed by atoms with Crippen molar-refractivity contribution < 1.29 is 13.2 Å².